The second-order valence-corrected chi connectivity index (χ2v) is 6.82. The third kappa shape index (κ3) is 4.83. The maximum Gasteiger partial charge on any atom is 0.409 e. The van der Waals surface area contributed by atoms with E-state index >= 15 is 0 Å². The van der Waals surface area contributed by atoms with Crippen LogP contribution in [-0.2, 0) is 9.53 Å². The maximum absolute atomic E-state index is 12.4. The standard InChI is InChI=1S/C17H31N3O3/c1-4-23-17(22)20-10-8-19(9-11-20)16(21)12-18-15-7-5-6-13(2)14(15)3/h13-15,18H,4-12H2,1-3H3/t13-,14-,15-/m1/s1. The van der Waals surface area contributed by atoms with E-state index in [1.54, 1.807) is 11.8 Å². The Kier molecular flexibility index (Phi) is 6.69. The average molecular weight is 325 g/mol. The molecule has 2 rings (SSSR count). The number of hydrogen-bond donors (Lipinski definition) is 1. The van der Waals surface area contributed by atoms with Gasteiger partial charge in [0.05, 0.1) is 13.2 Å². The van der Waals surface area contributed by atoms with Crippen molar-refractivity contribution in [2.75, 3.05) is 39.3 Å². The molecular weight excluding hydrogens is 294 g/mol. The van der Waals surface area contributed by atoms with Crippen LogP contribution < -0.4 is 5.32 Å². The van der Waals surface area contributed by atoms with Gasteiger partial charge in [0.1, 0.15) is 0 Å². The van der Waals surface area contributed by atoms with Gasteiger partial charge in [-0.1, -0.05) is 26.7 Å². The molecule has 0 aromatic heterocycles. The van der Waals surface area contributed by atoms with Crippen molar-refractivity contribution in [1.29, 1.82) is 0 Å². The van der Waals surface area contributed by atoms with E-state index < -0.39 is 0 Å². The van der Waals surface area contributed by atoms with Crippen molar-refractivity contribution >= 4 is 12.0 Å². The second-order valence-electron chi connectivity index (χ2n) is 6.82. The Hall–Kier alpha value is -1.30. The lowest BCUT2D eigenvalue weighted by molar-refractivity contribution is -0.132. The summed E-state index contributed by atoms with van der Waals surface area (Å²) in [5.74, 6) is 1.49. The van der Waals surface area contributed by atoms with Crippen LogP contribution in [0.3, 0.4) is 0 Å². The summed E-state index contributed by atoms with van der Waals surface area (Å²) in [6.07, 6.45) is 3.43. The largest absolute Gasteiger partial charge is 0.450 e. The molecule has 1 saturated carbocycles. The lowest BCUT2D eigenvalue weighted by Gasteiger charge is -2.36. The van der Waals surface area contributed by atoms with E-state index in [-0.39, 0.29) is 12.0 Å². The Morgan fingerprint density at radius 3 is 2.39 bits per heavy atom. The van der Waals surface area contributed by atoms with Crippen LogP contribution in [0.4, 0.5) is 4.79 Å². The lowest BCUT2D eigenvalue weighted by Crippen LogP contribution is -2.53. The van der Waals surface area contributed by atoms with Crippen LogP contribution in [0.1, 0.15) is 40.0 Å². The zero-order valence-corrected chi connectivity index (χ0v) is 14.7. The Morgan fingerprint density at radius 1 is 1.09 bits per heavy atom. The van der Waals surface area contributed by atoms with Crippen LogP contribution >= 0.6 is 0 Å². The molecule has 1 heterocycles. The van der Waals surface area contributed by atoms with Gasteiger partial charge in [-0.2, -0.15) is 0 Å². The predicted octanol–water partition coefficient (Wildman–Crippen LogP) is 1.70. The van der Waals surface area contributed by atoms with Crippen LogP contribution in [0.2, 0.25) is 0 Å². The van der Waals surface area contributed by atoms with E-state index in [9.17, 15) is 9.59 Å². The minimum atomic E-state index is -0.275. The number of rotatable bonds is 4. The molecule has 2 fully saturated rings. The number of nitrogens with zero attached hydrogens (tertiary/aromatic N) is 2. The molecule has 1 aliphatic heterocycles. The average Bonchev–Trinajstić information content (AvgIpc) is 2.56. The van der Waals surface area contributed by atoms with E-state index in [2.05, 4.69) is 19.2 Å². The number of amides is 2. The first-order chi connectivity index (χ1) is 11.0. The minimum Gasteiger partial charge on any atom is -0.450 e. The van der Waals surface area contributed by atoms with Gasteiger partial charge in [-0.15, -0.1) is 0 Å². The summed E-state index contributed by atoms with van der Waals surface area (Å²) >= 11 is 0. The fourth-order valence-electron chi connectivity index (χ4n) is 3.55. The number of ether oxygens (including phenoxy) is 1. The Labute approximate surface area is 139 Å². The highest BCUT2D eigenvalue weighted by atomic mass is 16.6. The van der Waals surface area contributed by atoms with Crippen molar-refractivity contribution in [3.63, 3.8) is 0 Å². The summed E-state index contributed by atoms with van der Waals surface area (Å²) in [5, 5.41) is 3.46. The van der Waals surface area contributed by atoms with E-state index in [4.69, 9.17) is 4.74 Å². The third-order valence-electron chi connectivity index (χ3n) is 5.38. The Balaban J connectivity index is 1.72. The smallest absolute Gasteiger partial charge is 0.409 e. The summed E-state index contributed by atoms with van der Waals surface area (Å²) in [4.78, 5) is 27.5. The number of piperazine rings is 1. The van der Waals surface area contributed by atoms with Gasteiger partial charge in [-0.3, -0.25) is 4.79 Å². The van der Waals surface area contributed by atoms with Crippen molar-refractivity contribution in [2.45, 2.75) is 46.1 Å². The highest BCUT2D eigenvalue weighted by molar-refractivity contribution is 5.78. The Morgan fingerprint density at radius 2 is 1.74 bits per heavy atom. The van der Waals surface area contributed by atoms with Gasteiger partial charge in [0.15, 0.2) is 0 Å². The fourth-order valence-corrected chi connectivity index (χ4v) is 3.55. The molecule has 132 valence electrons. The molecule has 6 heteroatoms. The van der Waals surface area contributed by atoms with Crippen LogP contribution in [0.5, 0.6) is 0 Å². The Bertz CT molecular complexity index is 408. The SMILES string of the molecule is CCOC(=O)N1CCN(C(=O)CN[C@@H]2CCC[C@@H](C)[C@H]2C)CC1. The lowest BCUT2D eigenvalue weighted by atomic mass is 9.78. The molecule has 0 bridgehead atoms. The first-order valence-electron chi connectivity index (χ1n) is 8.95. The van der Waals surface area contributed by atoms with Crippen molar-refractivity contribution in [3.05, 3.63) is 0 Å². The molecule has 1 aliphatic carbocycles. The quantitative estimate of drug-likeness (QED) is 0.854. The second kappa shape index (κ2) is 8.52. The van der Waals surface area contributed by atoms with Gasteiger partial charge < -0.3 is 19.9 Å². The summed E-state index contributed by atoms with van der Waals surface area (Å²) in [6.45, 7) is 9.48. The molecule has 0 spiro atoms. The molecular formula is C17H31N3O3. The number of carbonyl (C=O) groups is 2. The molecule has 0 aromatic carbocycles. The summed E-state index contributed by atoms with van der Waals surface area (Å²) in [7, 11) is 0. The molecule has 0 radical (unpaired) electrons. The first-order valence-corrected chi connectivity index (χ1v) is 8.95. The van der Waals surface area contributed by atoms with Gasteiger partial charge in [-0.25, -0.2) is 4.79 Å². The topological polar surface area (TPSA) is 61.9 Å². The monoisotopic (exact) mass is 325 g/mol. The van der Waals surface area contributed by atoms with Crippen LogP contribution in [-0.4, -0.2) is 67.2 Å². The maximum atomic E-state index is 12.4. The van der Waals surface area contributed by atoms with E-state index in [1.165, 1.54) is 12.8 Å². The summed E-state index contributed by atoms with van der Waals surface area (Å²) in [5.41, 5.74) is 0. The summed E-state index contributed by atoms with van der Waals surface area (Å²) in [6, 6.07) is 0.448. The highest BCUT2D eigenvalue weighted by Crippen LogP contribution is 2.29. The number of nitrogens with one attached hydrogen (secondary N) is 1. The van der Waals surface area contributed by atoms with E-state index in [0.29, 0.717) is 51.3 Å². The van der Waals surface area contributed by atoms with E-state index in [0.717, 1.165) is 12.3 Å². The van der Waals surface area contributed by atoms with Crippen LogP contribution in [0.25, 0.3) is 0 Å². The van der Waals surface area contributed by atoms with E-state index in [1.807, 2.05) is 4.90 Å². The van der Waals surface area contributed by atoms with Crippen molar-refractivity contribution in [1.82, 2.24) is 15.1 Å². The highest BCUT2D eigenvalue weighted by Gasteiger charge is 2.29. The van der Waals surface area contributed by atoms with Crippen molar-refractivity contribution in [3.8, 4) is 0 Å². The molecule has 1 N–H and O–H groups in total. The first kappa shape index (κ1) is 18.0. The van der Waals surface area contributed by atoms with Crippen molar-refractivity contribution in [2.24, 2.45) is 11.8 Å². The van der Waals surface area contributed by atoms with Crippen molar-refractivity contribution < 1.29 is 14.3 Å². The number of carbonyl (C=O) groups excluding carboxylic acids is 2. The summed E-state index contributed by atoms with van der Waals surface area (Å²) < 4.78 is 5.00. The zero-order valence-electron chi connectivity index (χ0n) is 14.7. The molecule has 0 aromatic rings. The van der Waals surface area contributed by atoms with Gasteiger partial charge in [-0.05, 0) is 25.2 Å². The van der Waals surface area contributed by atoms with Gasteiger partial charge in [0, 0.05) is 32.2 Å². The third-order valence-corrected chi connectivity index (χ3v) is 5.38. The van der Waals surface area contributed by atoms with Gasteiger partial charge >= 0.3 is 6.09 Å². The zero-order chi connectivity index (χ0) is 16.8. The number of hydrogen-bond acceptors (Lipinski definition) is 4. The molecule has 2 amide bonds. The predicted molar refractivity (Wildman–Crippen MR) is 89.1 cm³/mol. The molecule has 2 aliphatic rings. The minimum absolute atomic E-state index is 0.138. The molecule has 3 atom stereocenters. The fraction of sp³-hybridized carbons (Fsp3) is 0.882. The molecule has 1 saturated heterocycles. The van der Waals surface area contributed by atoms with Gasteiger partial charge in [0.2, 0.25) is 5.91 Å². The van der Waals surface area contributed by atoms with Gasteiger partial charge in [0.25, 0.3) is 0 Å². The van der Waals surface area contributed by atoms with Crippen LogP contribution in [0.15, 0.2) is 0 Å². The van der Waals surface area contributed by atoms with Crippen LogP contribution in [0, 0.1) is 11.8 Å². The normalized spacial score (nSPS) is 28.6. The molecule has 23 heavy (non-hydrogen) atoms. The molecule has 6 nitrogen and oxygen atoms in total. The molecule has 0 unspecified atom stereocenters.